The minimum absolute atomic E-state index is 0.622. The van der Waals surface area contributed by atoms with E-state index in [-0.39, 0.29) is 0 Å². The second-order valence-corrected chi connectivity index (χ2v) is 11.7. The number of hydrogen-bond acceptors (Lipinski definition) is 5. The van der Waals surface area contributed by atoms with E-state index in [1.165, 1.54) is 52.8 Å². The summed E-state index contributed by atoms with van der Waals surface area (Å²) in [5.41, 5.74) is 6.67. The van der Waals surface area contributed by atoms with Crippen LogP contribution in [-0.2, 0) is 0 Å². The summed E-state index contributed by atoms with van der Waals surface area (Å²) in [7, 11) is 0. The van der Waals surface area contributed by atoms with Gasteiger partial charge in [-0.05, 0) is 86.3 Å². The standard InChI is InChI=1S/C38H22N2O2S/c1-2-7-29-28(6-1)35(23-9-13-25(14-10-23)37-39-17-19-41-37)31-21-30-27-5-3-4-8-33(27)43-34(30)22-32(31)36(29)24-11-15-26(16-12-24)38-40-18-20-42-38/h1-22H. The topological polar surface area (TPSA) is 52.1 Å². The number of fused-ring (bicyclic) bond motifs is 5. The van der Waals surface area contributed by atoms with Crippen LogP contribution < -0.4 is 0 Å². The van der Waals surface area contributed by atoms with Crippen LogP contribution in [0.15, 0.2) is 143 Å². The second-order valence-electron chi connectivity index (χ2n) is 10.6. The van der Waals surface area contributed by atoms with Gasteiger partial charge in [-0.1, -0.05) is 66.7 Å². The van der Waals surface area contributed by atoms with Crippen LogP contribution in [-0.4, -0.2) is 9.97 Å². The number of rotatable bonds is 4. The SMILES string of the molecule is c1ccc2c(c1)sc1cc3c(-c4ccc(-c5ncco5)cc4)c4ccccc4c(-c4ccc(-c5ncco5)cc4)c3cc12. The fourth-order valence-corrected chi connectivity index (χ4v) is 7.43. The molecule has 202 valence electrons. The highest BCUT2D eigenvalue weighted by Crippen LogP contribution is 2.47. The van der Waals surface area contributed by atoms with Crippen molar-refractivity contribution < 1.29 is 8.83 Å². The first-order valence-electron chi connectivity index (χ1n) is 14.1. The predicted octanol–water partition coefficient (Wildman–Crippen LogP) is 11.0. The Hall–Kier alpha value is -5.52. The highest BCUT2D eigenvalue weighted by Gasteiger charge is 2.19. The summed E-state index contributed by atoms with van der Waals surface area (Å²) in [6.07, 6.45) is 6.57. The molecule has 0 bridgehead atoms. The molecule has 0 fully saturated rings. The molecule has 0 saturated heterocycles. The lowest BCUT2D eigenvalue weighted by atomic mass is 9.85. The van der Waals surface area contributed by atoms with E-state index in [1.54, 1.807) is 24.9 Å². The van der Waals surface area contributed by atoms with E-state index in [2.05, 4.69) is 119 Å². The normalized spacial score (nSPS) is 11.7. The lowest BCUT2D eigenvalue weighted by Gasteiger charge is -2.18. The number of hydrogen-bond donors (Lipinski definition) is 0. The van der Waals surface area contributed by atoms with Crippen LogP contribution in [0.2, 0.25) is 0 Å². The Labute approximate surface area is 250 Å². The molecular formula is C38H22N2O2S. The van der Waals surface area contributed by atoms with Gasteiger partial charge in [0.2, 0.25) is 11.8 Å². The molecule has 0 atom stereocenters. The van der Waals surface area contributed by atoms with Gasteiger partial charge in [0.15, 0.2) is 0 Å². The molecule has 5 heteroatoms. The van der Waals surface area contributed by atoms with E-state index < -0.39 is 0 Å². The average Bonchev–Trinajstić information content (AvgIpc) is 3.85. The molecule has 3 aromatic heterocycles. The maximum absolute atomic E-state index is 5.56. The first-order valence-corrected chi connectivity index (χ1v) is 14.9. The highest BCUT2D eigenvalue weighted by atomic mass is 32.1. The van der Waals surface area contributed by atoms with Crippen LogP contribution in [0.4, 0.5) is 0 Å². The molecule has 6 aromatic carbocycles. The van der Waals surface area contributed by atoms with Crippen molar-refractivity contribution >= 4 is 53.1 Å². The van der Waals surface area contributed by atoms with Gasteiger partial charge in [0.1, 0.15) is 12.5 Å². The molecule has 4 nitrogen and oxygen atoms in total. The van der Waals surface area contributed by atoms with Gasteiger partial charge in [0.05, 0.1) is 12.4 Å². The lowest BCUT2D eigenvalue weighted by molar-refractivity contribution is 0.574. The summed E-state index contributed by atoms with van der Waals surface area (Å²) in [6, 6.07) is 39.3. The Balaban J connectivity index is 1.37. The molecule has 43 heavy (non-hydrogen) atoms. The van der Waals surface area contributed by atoms with E-state index >= 15 is 0 Å². The van der Waals surface area contributed by atoms with Gasteiger partial charge in [-0.15, -0.1) is 11.3 Å². The monoisotopic (exact) mass is 570 g/mol. The summed E-state index contributed by atoms with van der Waals surface area (Å²) in [5, 5.41) is 7.46. The van der Waals surface area contributed by atoms with Crippen molar-refractivity contribution in [1.82, 2.24) is 9.97 Å². The largest absolute Gasteiger partial charge is 0.445 e. The van der Waals surface area contributed by atoms with E-state index in [4.69, 9.17) is 8.83 Å². The Morgan fingerprint density at radius 2 is 0.907 bits per heavy atom. The summed E-state index contributed by atoms with van der Waals surface area (Å²) >= 11 is 1.85. The maximum Gasteiger partial charge on any atom is 0.225 e. The van der Waals surface area contributed by atoms with Crippen LogP contribution in [0.1, 0.15) is 0 Å². The molecule has 0 N–H and O–H groups in total. The smallest absolute Gasteiger partial charge is 0.225 e. The van der Waals surface area contributed by atoms with Crippen molar-refractivity contribution in [2.45, 2.75) is 0 Å². The lowest BCUT2D eigenvalue weighted by Crippen LogP contribution is -1.91. The van der Waals surface area contributed by atoms with E-state index in [1.807, 2.05) is 11.3 Å². The summed E-state index contributed by atoms with van der Waals surface area (Å²) in [4.78, 5) is 8.67. The zero-order valence-electron chi connectivity index (χ0n) is 22.8. The van der Waals surface area contributed by atoms with Crippen molar-refractivity contribution in [2.75, 3.05) is 0 Å². The molecule has 3 heterocycles. The van der Waals surface area contributed by atoms with E-state index in [9.17, 15) is 0 Å². The number of aromatic nitrogens is 2. The highest BCUT2D eigenvalue weighted by molar-refractivity contribution is 7.25. The quantitative estimate of drug-likeness (QED) is 0.198. The molecule has 9 aromatic rings. The summed E-state index contributed by atoms with van der Waals surface area (Å²) in [5.74, 6) is 1.24. The number of benzene rings is 6. The van der Waals surface area contributed by atoms with Gasteiger partial charge in [0, 0.05) is 31.3 Å². The minimum atomic E-state index is 0.622. The average molecular weight is 571 g/mol. The summed E-state index contributed by atoms with van der Waals surface area (Å²) in [6.45, 7) is 0. The van der Waals surface area contributed by atoms with Crippen LogP contribution in [0.3, 0.4) is 0 Å². The molecule has 9 rings (SSSR count). The van der Waals surface area contributed by atoms with Crippen LogP contribution in [0, 0.1) is 0 Å². The second kappa shape index (κ2) is 9.51. The fourth-order valence-electron chi connectivity index (χ4n) is 6.31. The van der Waals surface area contributed by atoms with Gasteiger partial charge < -0.3 is 8.83 Å². The van der Waals surface area contributed by atoms with Gasteiger partial charge in [-0.25, -0.2) is 9.97 Å². The molecule has 0 saturated carbocycles. The van der Waals surface area contributed by atoms with Crippen LogP contribution >= 0.6 is 11.3 Å². The molecule has 0 spiro atoms. The fraction of sp³-hybridized carbons (Fsp3) is 0. The van der Waals surface area contributed by atoms with Crippen molar-refractivity contribution in [3.05, 3.63) is 134 Å². The van der Waals surface area contributed by atoms with Crippen molar-refractivity contribution in [2.24, 2.45) is 0 Å². The first kappa shape index (κ1) is 24.1. The molecule has 0 amide bonds. The number of nitrogens with zero attached hydrogens (tertiary/aromatic N) is 2. The minimum Gasteiger partial charge on any atom is -0.445 e. The molecule has 0 unspecified atom stereocenters. The van der Waals surface area contributed by atoms with Gasteiger partial charge in [-0.3, -0.25) is 0 Å². The third-order valence-corrected chi connectivity index (χ3v) is 9.36. The Morgan fingerprint density at radius 1 is 0.419 bits per heavy atom. The van der Waals surface area contributed by atoms with Gasteiger partial charge >= 0.3 is 0 Å². The van der Waals surface area contributed by atoms with Crippen molar-refractivity contribution in [3.63, 3.8) is 0 Å². The Morgan fingerprint density at radius 3 is 1.44 bits per heavy atom. The molecule has 0 aliphatic heterocycles. The van der Waals surface area contributed by atoms with Gasteiger partial charge in [0.25, 0.3) is 0 Å². The predicted molar refractivity (Wildman–Crippen MR) is 176 cm³/mol. The van der Waals surface area contributed by atoms with Crippen LogP contribution in [0.5, 0.6) is 0 Å². The summed E-state index contributed by atoms with van der Waals surface area (Å²) < 4.78 is 13.7. The van der Waals surface area contributed by atoms with Gasteiger partial charge in [-0.2, -0.15) is 0 Å². The number of thiophene rings is 1. The molecular weight excluding hydrogens is 548 g/mol. The van der Waals surface area contributed by atoms with Crippen LogP contribution in [0.25, 0.3) is 86.9 Å². The van der Waals surface area contributed by atoms with Crippen molar-refractivity contribution in [1.29, 1.82) is 0 Å². The Kier molecular flexibility index (Phi) is 5.33. The first-order chi connectivity index (χ1) is 21.3. The third-order valence-electron chi connectivity index (χ3n) is 8.23. The van der Waals surface area contributed by atoms with E-state index in [0.717, 1.165) is 22.3 Å². The Bertz CT molecular complexity index is 2420. The van der Waals surface area contributed by atoms with E-state index in [0.29, 0.717) is 11.8 Å². The molecule has 0 aliphatic rings. The molecule has 0 radical (unpaired) electrons. The van der Waals surface area contributed by atoms with Crippen molar-refractivity contribution in [3.8, 4) is 45.2 Å². The molecule has 0 aliphatic carbocycles. The zero-order chi connectivity index (χ0) is 28.3. The maximum atomic E-state index is 5.56. The number of oxazole rings is 2. The zero-order valence-corrected chi connectivity index (χ0v) is 23.6. The third kappa shape index (κ3) is 3.83.